The summed E-state index contributed by atoms with van der Waals surface area (Å²) in [4.78, 5) is 86.5. The zero-order valence-electron chi connectivity index (χ0n) is 37.9. The Balaban J connectivity index is 2.21. The fourth-order valence-corrected chi connectivity index (χ4v) is 7.16. The van der Waals surface area contributed by atoms with Crippen molar-refractivity contribution in [3.05, 3.63) is 0 Å². The van der Waals surface area contributed by atoms with Crippen LogP contribution in [0.1, 0.15) is 158 Å². The Bertz CT molecular complexity index is 1250. The van der Waals surface area contributed by atoms with Gasteiger partial charge in [-0.25, -0.2) is 0 Å². The second-order valence-electron chi connectivity index (χ2n) is 16.9. The fourth-order valence-electron chi connectivity index (χ4n) is 7.16. The van der Waals surface area contributed by atoms with Crippen molar-refractivity contribution < 1.29 is 33.6 Å². The molecule has 1 aliphatic carbocycles. The Morgan fingerprint density at radius 1 is 0.390 bits per heavy atom. The van der Waals surface area contributed by atoms with Crippen LogP contribution < -0.4 is 37.2 Å². The second-order valence-corrected chi connectivity index (χ2v) is 16.9. The van der Waals surface area contributed by atoms with Crippen molar-refractivity contribution in [1.82, 2.24) is 37.2 Å². The van der Waals surface area contributed by atoms with Gasteiger partial charge in [-0.3, -0.25) is 33.6 Å². The highest BCUT2D eigenvalue weighted by atomic mass is 16.2. The molecule has 0 spiro atoms. The van der Waals surface area contributed by atoms with E-state index in [1.54, 1.807) is 34.6 Å². The Kier molecular flexibility index (Phi) is 30.3. The summed E-state index contributed by atoms with van der Waals surface area (Å²) in [6, 6.07) is -2.43. The molecule has 1 rings (SSSR count). The molecule has 1 saturated carbocycles. The van der Waals surface area contributed by atoms with E-state index in [9.17, 15) is 33.6 Å². The number of Topliss-reactive ketones (excluding diaryl/α,β-unsaturated/α-hetero) is 6. The Morgan fingerprint density at radius 2 is 0.678 bits per heavy atom. The van der Waals surface area contributed by atoms with Crippen LogP contribution in [0.5, 0.6) is 0 Å². The minimum Gasteiger partial charge on any atom is -0.349 e. The predicted molar refractivity (Wildman–Crippen MR) is 235 cm³/mol. The molecule has 0 bridgehead atoms. The molecule has 0 aromatic rings. The van der Waals surface area contributed by atoms with Gasteiger partial charge in [0, 0.05) is 71.8 Å². The monoisotopic (exact) mass is 834 g/mol. The van der Waals surface area contributed by atoms with Crippen LogP contribution in [0.3, 0.4) is 0 Å². The molecule has 0 saturated heterocycles. The first-order valence-electron chi connectivity index (χ1n) is 22.9. The lowest BCUT2D eigenvalue weighted by atomic mass is 9.94. The summed E-state index contributed by atoms with van der Waals surface area (Å²) in [5, 5.41) is 21.5. The first-order chi connectivity index (χ1) is 28.1. The number of hydrogen-bond donors (Lipinski definition) is 7. The van der Waals surface area contributed by atoms with Crippen molar-refractivity contribution in [3.8, 4) is 0 Å². The molecule has 7 N–H and O–H groups in total. The fraction of sp³-hybridized carbons (Fsp3) is 0.844. The van der Waals surface area contributed by atoms with E-state index in [1.807, 2.05) is 6.92 Å². The molecular formula is C45H83N7O7. The average molecular weight is 834 g/mol. The van der Waals surface area contributed by atoms with E-state index in [0.717, 1.165) is 6.54 Å². The highest BCUT2D eigenvalue weighted by Gasteiger charge is 2.21. The van der Waals surface area contributed by atoms with E-state index < -0.39 is 24.2 Å². The van der Waals surface area contributed by atoms with Crippen LogP contribution in [0.15, 0.2) is 0 Å². The van der Waals surface area contributed by atoms with E-state index >= 15 is 0 Å². The molecule has 1 fully saturated rings. The molecule has 14 heteroatoms. The summed E-state index contributed by atoms with van der Waals surface area (Å²) in [5.74, 6) is 0.195. The lowest BCUT2D eigenvalue weighted by Crippen LogP contribution is -2.45. The lowest BCUT2D eigenvalue weighted by molar-refractivity contribution is -0.126. The van der Waals surface area contributed by atoms with E-state index in [-0.39, 0.29) is 91.3 Å². The van der Waals surface area contributed by atoms with Crippen molar-refractivity contribution in [2.24, 2.45) is 5.92 Å². The van der Waals surface area contributed by atoms with Crippen LogP contribution in [0.25, 0.3) is 0 Å². The Morgan fingerprint density at radius 3 is 1.03 bits per heavy atom. The number of amides is 1. The molecule has 0 radical (unpaired) electrons. The van der Waals surface area contributed by atoms with Gasteiger partial charge in [-0.1, -0.05) is 64.2 Å². The molecule has 1 amide bonds. The summed E-state index contributed by atoms with van der Waals surface area (Å²) >= 11 is 0. The van der Waals surface area contributed by atoms with Crippen molar-refractivity contribution in [2.75, 3.05) is 45.8 Å². The molecule has 14 nitrogen and oxygen atoms in total. The van der Waals surface area contributed by atoms with Crippen LogP contribution in [-0.2, 0) is 33.6 Å². The highest BCUT2D eigenvalue weighted by Crippen LogP contribution is 2.21. The zero-order chi connectivity index (χ0) is 44.0. The van der Waals surface area contributed by atoms with E-state index in [2.05, 4.69) is 37.2 Å². The summed E-state index contributed by atoms with van der Waals surface area (Å²) in [7, 11) is 0. The van der Waals surface area contributed by atoms with Gasteiger partial charge in [0.15, 0.2) is 23.1 Å². The van der Waals surface area contributed by atoms with Gasteiger partial charge in [0.25, 0.3) is 0 Å². The number of carbonyl (C=O) groups excluding carboxylic acids is 7. The molecule has 59 heavy (non-hydrogen) atoms. The van der Waals surface area contributed by atoms with Gasteiger partial charge in [0.05, 0.1) is 42.8 Å². The maximum absolute atomic E-state index is 12.9. The van der Waals surface area contributed by atoms with E-state index in [1.165, 1.54) is 84.0 Å². The van der Waals surface area contributed by atoms with Crippen molar-refractivity contribution in [3.63, 3.8) is 0 Å². The van der Waals surface area contributed by atoms with Crippen LogP contribution in [-0.4, -0.2) is 123 Å². The van der Waals surface area contributed by atoms with Gasteiger partial charge in [0.1, 0.15) is 11.6 Å². The SMILES string of the molecule is CC(=O)NCC(=O)[C@H](C)NCCN[C@@H](C)C(=O)CCN[C@@H](C)C(=O)CCN[C@@H](C)C(=O)CCN[C@@H](C)C(=O)CCC(=O)[C@H](C)NCC1CCCCCCCCCCCC1. The molecule has 1 aliphatic rings. The molecular weight excluding hydrogens is 751 g/mol. The Hall–Kier alpha value is -2.75. The number of hydrogen-bond acceptors (Lipinski definition) is 13. The smallest absolute Gasteiger partial charge is 0.217 e. The summed E-state index contributed by atoms with van der Waals surface area (Å²) < 4.78 is 0. The van der Waals surface area contributed by atoms with Gasteiger partial charge in [-0.15, -0.1) is 0 Å². The van der Waals surface area contributed by atoms with Gasteiger partial charge in [-0.2, -0.15) is 0 Å². The van der Waals surface area contributed by atoms with Crippen molar-refractivity contribution in [1.29, 1.82) is 0 Å². The number of rotatable bonds is 31. The zero-order valence-corrected chi connectivity index (χ0v) is 37.9. The van der Waals surface area contributed by atoms with Gasteiger partial charge >= 0.3 is 0 Å². The minimum absolute atomic E-state index is 0.00311. The molecule has 6 atom stereocenters. The maximum atomic E-state index is 12.9. The largest absolute Gasteiger partial charge is 0.349 e. The van der Waals surface area contributed by atoms with Crippen LogP contribution in [0.2, 0.25) is 0 Å². The summed E-state index contributed by atoms with van der Waals surface area (Å²) in [5.41, 5.74) is 0. The first-order valence-corrected chi connectivity index (χ1v) is 22.9. The van der Waals surface area contributed by atoms with Crippen LogP contribution in [0.4, 0.5) is 0 Å². The standard InChI is InChI=1S/C45H83N7O7/c1-32(40(54)20-21-41(55)36(5)51-30-39-18-16-14-12-10-8-9-11-13-15-17-19-39)46-25-22-42(56)33(2)47-26-23-43(57)34(3)48-27-24-44(58)35(4)49-28-29-50-37(6)45(59)31-52-38(7)53/h32-37,39,46-51H,8-31H2,1-7H3,(H,52,53)/t32-,33-,34-,35-,36-,37-/m0/s1. The summed E-state index contributed by atoms with van der Waals surface area (Å²) in [6.07, 6.45) is 16.8. The second kappa shape index (κ2) is 32.9. The van der Waals surface area contributed by atoms with Crippen LogP contribution >= 0.6 is 0 Å². The van der Waals surface area contributed by atoms with E-state index in [0.29, 0.717) is 38.6 Å². The Labute approximate surface area is 356 Å². The highest BCUT2D eigenvalue weighted by molar-refractivity contribution is 5.91. The van der Waals surface area contributed by atoms with Crippen LogP contribution in [0, 0.1) is 5.92 Å². The third-order valence-corrected chi connectivity index (χ3v) is 11.7. The topological polar surface area (TPSA) is 204 Å². The maximum Gasteiger partial charge on any atom is 0.217 e. The minimum atomic E-state index is -0.457. The molecule has 0 heterocycles. The van der Waals surface area contributed by atoms with Gasteiger partial charge in [-0.05, 0) is 66.8 Å². The predicted octanol–water partition coefficient (Wildman–Crippen LogP) is 3.67. The van der Waals surface area contributed by atoms with Gasteiger partial charge in [0.2, 0.25) is 5.91 Å². The van der Waals surface area contributed by atoms with E-state index in [4.69, 9.17) is 0 Å². The van der Waals surface area contributed by atoms with Crippen molar-refractivity contribution in [2.45, 2.75) is 194 Å². The molecule has 0 unspecified atom stereocenters. The molecule has 0 aliphatic heterocycles. The number of carbonyl (C=O) groups is 7. The normalized spacial score (nSPS) is 17.8. The molecule has 340 valence electrons. The number of ketones is 6. The third kappa shape index (κ3) is 26.9. The average Bonchev–Trinajstić information content (AvgIpc) is 3.23. The molecule has 0 aromatic heterocycles. The number of nitrogens with one attached hydrogen (secondary N) is 7. The third-order valence-electron chi connectivity index (χ3n) is 11.7. The first kappa shape index (κ1) is 54.3. The quantitative estimate of drug-likeness (QED) is 0.0500. The van der Waals surface area contributed by atoms with Gasteiger partial charge < -0.3 is 37.2 Å². The summed E-state index contributed by atoms with van der Waals surface area (Å²) in [6.45, 7) is 14.9. The molecule has 0 aromatic carbocycles. The lowest BCUT2D eigenvalue weighted by Gasteiger charge is -2.21. The van der Waals surface area contributed by atoms with Crippen molar-refractivity contribution >= 4 is 40.6 Å².